The second-order valence-electron chi connectivity index (χ2n) is 6.10. The van der Waals surface area contributed by atoms with Crippen molar-refractivity contribution in [2.75, 3.05) is 30.3 Å². The van der Waals surface area contributed by atoms with E-state index >= 15 is 0 Å². The van der Waals surface area contributed by atoms with E-state index in [0.29, 0.717) is 11.5 Å². The number of aromatic nitrogens is 3. The van der Waals surface area contributed by atoms with E-state index < -0.39 is 24.0 Å². The van der Waals surface area contributed by atoms with Gasteiger partial charge in [-0.15, -0.1) is 0 Å². The lowest BCUT2D eigenvalue weighted by atomic mass is 9.96. The van der Waals surface area contributed by atoms with Crippen LogP contribution in [0.3, 0.4) is 0 Å². The minimum absolute atomic E-state index is 0.375. The molecule has 0 saturated carbocycles. The van der Waals surface area contributed by atoms with E-state index in [9.17, 15) is 15.3 Å². The van der Waals surface area contributed by atoms with E-state index in [1.165, 1.54) is 13.3 Å². The Labute approximate surface area is 131 Å². The Morgan fingerprint density at radius 1 is 1.39 bits per heavy atom. The van der Waals surface area contributed by atoms with Crippen molar-refractivity contribution in [1.29, 1.82) is 0 Å². The fraction of sp³-hybridized carbons (Fsp3) is 0.571. The molecule has 0 aliphatic carbocycles. The summed E-state index contributed by atoms with van der Waals surface area (Å²) in [4.78, 5) is 8.56. The molecule has 2 aromatic rings. The fourth-order valence-electron chi connectivity index (χ4n) is 3.30. The molecule has 0 bridgehead atoms. The third-order valence-electron chi connectivity index (χ3n) is 4.53. The summed E-state index contributed by atoms with van der Waals surface area (Å²) < 4.78 is 7.36. The highest BCUT2D eigenvalue weighted by Gasteiger charge is 2.53. The molecule has 0 aromatic carbocycles. The molecule has 0 amide bonds. The van der Waals surface area contributed by atoms with Crippen LogP contribution in [0.25, 0.3) is 11.0 Å². The molecule has 2 aromatic heterocycles. The Hall–Kier alpha value is -1.94. The quantitative estimate of drug-likeness (QED) is 0.490. The van der Waals surface area contributed by atoms with Gasteiger partial charge in [0.15, 0.2) is 6.23 Å². The molecule has 5 N–H and O–H groups in total. The number of rotatable bonds is 2. The van der Waals surface area contributed by atoms with Gasteiger partial charge in [-0.3, -0.25) is 0 Å². The smallest absolute Gasteiger partial charge is 0.167 e. The highest BCUT2D eigenvalue weighted by molar-refractivity contribution is 5.99. The normalized spacial score (nSPS) is 33.3. The summed E-state index contributed by atoms with van der Waals surface area (Å²) in [6, 6.07) is 0. The highest BCUT2D eigenvalue weighted by Crippen LogP contribution is 2.42. The largest absolute Gasteiger partial charge is 0.394 e. The SMILES string of the molecule is C[C@]1(O)C(n2cc3c4c(ncnc42)NCCN3)O[C@H](CO)[C@H]1O. The molecule has 1 saturated heterocycles. The molecule has 4 atom stereocenters. The maximum atomic E-state index is 10.7. The van der Waals surface area contributed by atoms with E-state index in [-0.39, 0.29) is 6.61 Å². The van der Waals surface area contributed by atoms with Crippen LogP contribution in [-0.2, 0) is 4.74 Å². The van der Waals surface area contributed by atoms with Crippen molar-refractivity contribution in [1.82, 2.24) is 14.5 Å². The number of hydrogen-bond donors (Lipinski definition) is 5. The van der Waals surface area contributed by atoms with Gasteiger partial charge < -0.3 is 35.3 Å². The number of nitrogens with zero attached hydrogens (tertiary/aromatic N) is 3. The number of nitrogens with one attached hydrogen (secondary N) is 2. The number of ether oxygens (including phenoxy) is 1. The zero-order chi connectivity index (χ0) is 16.2. The van der Waals surface area contributed by atoms with Crippen molar-refractivity contribution in [3.05, 3.63) is 12.5 Å². The summed E-state index contributed by atoms with van der Waals surface area (Å²) in [6.07, 6.45) is 0.325. The van der Waals surface area contributed by atoms with E-state index in [4.69, 9.17) is 4.74 Å². The van der Waals surface area contributed by atoms with Gasteiger partial charge in [-0.2, -0.15) is 0 Å². The Morgan fingerprint density at radius 2 is 2.17 bits per heavy atom. The topological polar surface area (TPSA) is 125 Å². The lowest BCUT2D eigenvalue weighted by molar-refractivity contribution is -0.0947. The van der Waals surface area contributed by atoms with Crippen molar-refractivity contribution in [2.24, 2.45) is 0 Å². The standard InChI is InChI=1S/C14H19N5O4/c1-14(22)10(21)8(5-20)23-13(14)19-4-7-9-11(16-3-2-15-7)17-6-18-12(9)19/h4,6,8,10,13,15,20-22H,2-3,5H2,1H3,(H,16,17,18)/t8-,10-,13?,14-/m1/s1. The molecule has 2 aliphatic rings. The van der Waals surface area contributed by atoms with Gasteiger partial charge in [0, 0.05) is 19.3 Å². The summed E-state index contributed by atoms with van der Waals surface area (Å²) in [5.74, 6) is 0.714. The van der Waals surface area contributed by atoms with E-state index in [2.05, 4.69) is 20.6 Å². The van der Waals surface area contributed by atoms with Crippen molar-refractivity contribution in [2.45, 2.75) is 31.0 Å². The van der Waals surface area contributed by atoms with Crippen molar-refractivity contribution in [3.8, 4) is 0 Å². The zero-order valence-corrected chi connectivity index (χ0v) is 12.6. The maximum absolute atomic E-state index is 10.7. The van der Waals surface area contributed by atoms with Gasteiger partial charge in [0.05, 0.1) is 17.7 Å². The second-order valence-corrected chi connectivity index (χ2v) is 6.10. The van der Waals surface area contributed by atoms with Gasteiger partial charge in [0.2, 0.25) is 0 Å². The fourth-order valence-corrected chi connectivity index (χ4v) is 3.30. The predicted molar refractivity (Wildman–Crippen MR) is 82.1 cm³/mol. The van der Waals surface area contributed by atoms with Gasteiger partial charge in [0.25, 0.3) is 0 Å². The molecular formula is C14H19N5O4. The van der Waals surface area contributed by atoms with Crippen LogP contribution in [0, 0.1) is 0 Å². The van der Waals surface area contributed by atoms with E-state index in [1.807, 2.05) is 0 Å². The average molecular weight is 321 g/mol. The molecule has 9 heteroatoms. The first-order valence-electron chi connectivity index (χ1n) is 7.54. The summed E-state index contributed by atoms with van der Waals surface area (Å²) >= 11 is 0. The molecule has 2 aliphatic heterocycles. The van der Waals surface area contributed by atoms with Crippen molar-refractivity contribution < 1.29 is 20.1 Å². The lowest BCUT2D eigenvalue weighted by Crippen LogP contribution is -2.44. The first-order valence-corrected chi connectivity index (χ1v) is 7.54. The Balaban J connectivity index is 1.87. The molecule has 4 rings (SSSR count). The minimum Gasteiger partial charge on any atom is -0.394 e. The van der Waals surface area contributed by atoms with Crippen LogP contribution in [0.15, 0.2) is 12.5 Å². The zero-order valence-electron chi connectivity index (χ0n) is 12.6. The van der Waals surface area contributed by atoms with Gasteiger partial charge in [0.1, 0.15) is 35.6 Å². The lowest BCUT2D eigenvalue weighted by Gasteiger charge is -2.27. The molecule has 1 fully saturated rings. The Kier molecular flexibility index (Phi) is 3.20. The van der Waals surface area contributed by atoms with Gasteiger partial charge in [-0.1, -0.05) is 0 Å². The number of aliphatic hydroxyl groups is 3. The number of aliphatic hydroxyl groups excluding tert-OH is 2. The van der Waals surface area contributed by atoms with Crippen LogP contribution in [0.2, 0.25) is 0 Å². The summed E-state index contributed by atoms with van der Waals surface area (Å²) in [6.45, 7) is 2.58. The molecule has 0 radical (unpaired) electrons. The monoisotopic (exact) mass is 321 g/mol. The first kappa shape index (κ1) is 14.6. The average Bonchev–Trinajstić information content (AvgIpc) is 2.90. The Bertz CT molecular complexity index is 746. The molecule has 0 spiro atoms. The highest BCUT2D eigenvalue weighted by atomic mass is 16.6. The maximum Gasteiger partial charge on any atom is 0.167 e. The van der Waals surface area contributed by atoms with Crippen molar-refractivity contribution >= 4 is 22.5 Å². The first-order chi connectivity index (χ1) is 11.0. The van der Waals surface area contributed by atoms with E-state index in [0.717, 1.165) is 24.2 Å². The van der Waals surface area contributed by atoms with E-state index in [1.54, 1.807) is 10.8 Å². The summed E-state index contributed by atoms with van der Waals surface area (Å²) in [7, 11) is 0. The second kappa shape index (κ2) is 5.03. The van der Waals surface area contributed by atoms with Gasteiger partial charge in [-0.05, 0) is 6.92 Å². The summed E-state index contributed by atoms with van der Waals surface area (Å²) in [5, 5.41) is 37.5. The van der Waals surface area contributed by atoms with Gasteiger partial charge in [-0.25, -0.2) is 9.97 Å². The Morgan fingerprint density at radius 3 is 2.91 bits per heavy atom. The van der Waals surface area contributed by atoms with Crippen molar-refractivity contribution in [3.63, 3.8) is 0 Å². The molecule has 23 heavy (non-hydrogen) atoms. The minimum atomic E-state index is -1.56. The molecule has 9 nitrogen and oxygen atoms in total. The molecule has 4 heterocycles. The number of anilines is 2. The predicted octanol–water partition coefficient (Wildman–Crippen LogP) is -0.730. The third kappa shape index (κ3) is 2.01. The number of hydrogen-bond acceptors (Lipinski definition) is 8. The third-order valence-corrected chi connectivity index (χ3v) is 4.53. The van der Waals surface area contributed by atoms with Gasteiger partial charge >= 0.3 is 0 Å². The van der Waals surface area contributed by atoms with Crippen LogP contribution in [-0.4, -0.2) is 67.4 Å². The van der Waals surface area contributed by atoms with Crippen LogP contribution >= 0.6 is 0 Å². The molecular weight excluding hydrogens is 302 g/mol. The molecule has 124 valence electrons. The molecule has 1 unspecified atom stereocenters. The summed E-state index contributed by atoms with van der Waals surface area (Å²) in [5.41, 5.74) is -0.135. The van der Waals surface area contributed by atoms with Crippen LogP contribution < -0.4 is 10.6 Å². The van der Waals surface area contributed by atoms with Crippen LogP contribution in [0.1, 0.15) is 13.2 Å². The van der Waals surface area contributed by atoms with Crippen LogP contribution in [0.4, 0.5) is 11.5 Å². The van der Waals surface area contributed by atoms with Crippen LogP contribution in [0.5, 0.6) is 0 Å².